The van der Waals surface area contributed by atoms with E-state index in [0.717, 1.165) is 11.4 Å². The van der Waals surface area contributed by atoms with E-state index in [0.29, 0.717) is 0 Å². The normalized spacial score (nSPS) is 19.8. The lowest BCUT2D eigenvalue weighted by atomic mass is 9.83. The summed E-state index contributed by atoms with van der Waals surface area (Å²) >= 11 is 0. The highest BCUT2D eigenvalue weighted by atomic mass is 16.1. The Kier molecular flexibility index (Phi) is 2.14. The Morgan fingerprint density at radius 2 is 2.00 bits per heavy atom. The summed E-state index contributed by atoms with van der Waals surface area (Å²) in [7, 11) is 0. The summed E-state index contributed by atoms with van der Waals surface area (Å²) in [5, 5.41) is 3.30. The number of allylic oxidation sites excluding steroid dienone is 2. The van der Waals surface area contributed by atoms with E-state index in [1.807, 2.05) is 18.2 Å². The number of fused-ring (bicyclic) bond motifs is 1. The average molecular weight is 201 g/mol. The monoisotopic (exact) mass is 201 g/mol. The molecule has 2 heteroatoms. The molecule has 2 rings (SSSR count). The van der Waals surface area contributed by atoms with Crippen LogP contribution in [0.5, 0.6) is 0 Å². The second-order valence-corrected chi connectivity index (χ2v) is 4.46. The van der Waals surface area contributed by atoms with Crippen LogP contribution in [0.25, 0.3) is 0 Å². The predicted molar refractivity (Wildman–Crippen MR) is 61.9 cm³/mol. The number of rotatable bonds is 1. The minimum absolute atomic E-state index is 0.0818. The highest BCUT2D eigenvalue weighted by Gasteiger charge is 2.34. The van der Waals surface area contributed by atoms with Crippen molar-refractivity contribution < 1.29 is 4.79 Å². The smallest absolute Gasteiger partial charge is 0.154 e. The van der Waals surface area contributed by atoms with Crippen molar-refractivity contribution >= 4 is 11.5 Å². The van der Waals surface area contributed by atoms with Gasteiger partial charge in [0, 0.05) is 22.9 Å². The molecule has 0 bridgehead atoms. The van der Waals surface area contributed by atoms with Crippen LogP contribution in [0.1, 0.15) is 26.3 Å². The molecule has 1 aliphatic heterocycles. The maximum absolute atomic E-state index is 11.1. The summed E-state index contributed by atoms with van der Waals surface area (Å²) in [6.07, 6.45) is 1.68. The van der Waals surface area contributed by atoms with Gasteiger partial charge in [0.2, 0.25) is 0 Å². The molecule has 15 heavy (non-hydrogen) atoms. The molecule has 0 saturated heterocycles. The number of carbonyl (C=O) groups excluding carboxylic acids is 1. The standard InChI is InChI=1S/C13H15NO/c1-9(15)8-12-13(2,3)10-6-4-5-7-11(10)14-12/h4-8,14H,1-3H3. The molecule has 0 unspecified atom stereocenters. The van der Waals surface area contributed by atoms with Crippen LogP contribution >= 0.6 is 0 Å². The van der Waals surface area contributed by atoms with Crippen LogP contribution in [0.4, 0.5) is 5.69 Å². The lowest BCUT2D eigenvalue weighted by molar-refractivity contribution is -0.112. The van der Waals surface area contributed by atoms with Crippen molar-refractivity contribution in [2.75, 3.05) is 5.32 Å². The van der Waals surface area contributed by atoms with Gasteiger partial charge in [0.1, 0.15) is 0 Å². The topological polar surface area (TPSA) is 29.1 Å². The first-order valence-corrected chi connectivity index (χ1v) is 5.11. The van der Waals surface area contributed by atoms with E-state index in [4.69, 9.17) is 0 Å². The first-order chi connectivity index (χ1) is 7.01. The van der Waals surface area contributed by atoms with Gasteiger partial charge in [-0.05, 0) is 18.6 Å². The zero-order valence-corrected chi connectivity index (χ0v) is 9.29. The summed E-state index contributed by atoms with van der Waals surface area (Å²) in [4.78, 5) is 11.1. The van der Waals surface area contributed by atoms with Crippen LogP contribution in [0, 0.1) is 0 Å². The Balaban J connectivity index is 2.51. The Morgan fingerprint density at radius 1 is 1.33 bits per heavy atom. The molecule has 0 spiro atoms. The van der Waals surface area contributed by atoms with Crippen LogP contribution in [0.2, 0.25) is 0 Å². The van der Waals surface area contributed by atoms with Crippen molar-refractivity contribution in [1.29, 1.82) is 0 Å². The van der Waals surface area contributed by atoms with E-state index in [1.165, 1.54) is 5.56 Å². The molecule has 0 amide bonds. The van der Waals surface area contributed by atoms with Gasteiger partial charge in [-0.15, -0.1) is 0 Å². The van der Waals surface area contributed by atoms with Crippen molar-refractivity contribution in [3.63, 3.8) is 0 Å². The summed E-state index contributed by atoms with van der Waals surface area (Å²) in [5.74, 6) is 0.0818. The number of nitrogens with one attached hydrogen (secondary N) is 1. The van der Waals surface area contributed by atoms with Gasteiger partial charge in [-0.3, -0.25) is 4.79 Å². The molecule has 2 nitrogen and oxygen atoms in total. The number of para-hydroxylation sites is 1. The first-order valence-electron chi connectivity index (χ1n) is 5.11. The van der Waals surface area contributed by atoms with E-state index < -0.39 is 0 Å². The maximum atomic E-state index is 11.1. The second kappa shape index (κ2) is 3.23. The van der Waals surface area contributed by atoms with Crippen molar-refractivity contribution in [1.82, 2.24) is 0 Å². The van der Waals surface area contributed by atoms with Gasteiger partial charge in [0.25, 0.3) is 0 Å². The third kappa shape index (κ3) is 1.56. The van der Waals surface area contributed by atoms with Gasteiger partial charge in [-0.1, -0.05) is 32.0 Å². The molecule has 78 valence electrons. The first kappa shape index (κ1) is 9.97. The van der Waals surface area contributed by atoms with Gasteiger partial charge >= 0.3 is 0 Å². The van der Waals surface area contributed by atoms with Crippen molar-refractivity contribution in [2.24, 2.45) is 0 Å². The molecule has 0 fully saturated rings. The minimum Gasteiger partial charge on any atom is -0.358 e. The molecular formula is C13H15NO. The van der Waals surface area contributed by atoms with Gasteiger partial charge in [-0.25, -0.2) is 0 Å². The summed E-state index contributed by atoms with van der Waals surface area (Å²) in [6, 6.07) is 8.17. The molecular weight excluding hydrogens is 186 g/mol. The fourth-order valence-corrected chi connectivity index (χ4v) is 2.00. The summed E-state index contributed by atoms with van der Waals surface area (Å²) in [5.41, 5.74) is 3.24. The third-order valence-corrected chi connectivity index (χ3v) is 2.89. The molecule has 0 atom stereocenters. The van der Waals surface area contributed by atoms with Crippen molar-refractivity contribution in [3.05, 3.63) is 41.6 Å². The molecule has 1 N–H and O–H groups in total. The lowest BCUT2D eigenvalue weighted by Gasteiger charge is -2.19. The zero-order valence-electron chi connectivity index (χ0n) is 9.29. The number of hydrogen-bond acceptors (Lipinski definition) is 2. The van der Waals surface area contributed by atoms with Crippen LogP contribution in [-0.2, 0) is 10.2 Å². The minimum atomic E-state index is -0.0950. The van der Waals surface area contributed by atoms with Gasteiger partial charge < -0.3 is 5.32 Å². The highest BCUT2D eigenvalue weighted by Crippen LogP contribution is 2.42. The number of hydrogen-bond donors (Lipinski definition) is 1. The van der Waals surface area contributed by atoms with E-state index in [1.54, 1.807) is 13.0 Å². The SMILES string of the molecule is CC(=O)C=C1Nc2ccccc2C1(C)C. The molecule has 1 aromatic rings. The quantitative estimate of drug-likeness (QED) is 0.708. The fraction of sp³-hybridized carbons (Fsp3) is 0.308. The molecule has 0 aliphatic carbocycles. The number of benzene rings is 1. The van der Waals surface area contributed by atoms with E-state index in [2.05, 4.69) is 25.2 Å². The van der Waals surface area contributed by atoms with E-state index >= 15 is 0 Å². The fourth-order valence-electron chi connectivity index (χ4n) is 2.00. The predicted octanol–water partition coefficient (Wildman–Crippen LogP) is 2.86. The second-order valence-electron chi connectivity index (χ2n) is 4.46. The van der Waals surface area contributed by atoms with Gasteiger partial charge in [-0.2, -0.15) is 0 Å². The number of anilines is 1. The van der Waals surface area contributed by atoms with Crippen LogP contribution in [-0.4, -0.2) is 5.78 Å². The molecule has 0 saturated carbocycles. The lowest BCUT2D eigenvalue weighted by Crippen LogP contribution is -2.18. The molecule has 1 aliphatic rings. The maximum Gasteiger partial charge on any atom is 0.154 e. The Bertz CT molecular complexity index is 444. The zero-order chi connectivity index (χ0) is 11.1. The Labute approximate surface area is 90.0 Å². The van der Waals surface area contributed by atoms with Gasteiger partial charge in [0.05, 0.1) is 0 Å². The Morgan fingerprint density at radius 3 is 2.60 bits per heavy atom. The van der Waals surface area contributed by atoms with E-state index in [-0.39, 0.29) is 11.2 Å². The number of carbonyl (C=O) groups is 1. The molecule has 0 aromatic heterocycles. The van der Waals surface area contributed by atoms with Crippen LogP contribution < -0.4 is 5.32 Å². The summed E-state index contributed by atoms with van der Waals surface area (Å²) < 4.78 is 0. The van der Waals surface area contributed by atoms with Crippen molar-refractivity contribution in [2.45, 2.75) is 26.2 Å². The van der Waals surface area contributed by atoms with Crippen LogP contribution in [0.3, 0.4) is 0 Å². The Hall–Kier alpha value is -1.57. The van der Waals surface area contributed by atoms with Gasteiger partial charge in [0.15, 0.2) is 5.78 Å². The molecule has 0 radical (unpaired) electrons. The molecule has 1 heterocycles. The van der Waals surface area contributed by atoms with Crippen molar-refractivity contribution in [3.8, 4) is 0 Å². The number of ketones is 1. The van der Waals surface area contributed by atoms with Crippen LogP contribution in [0.15, 0.2) is 36.0 Å². The summed E-state index contributed by atoms with van der Waals surface area (Å²) in [6.45, 7) is 5.83. The average Bonchev–Trinajstić information content (AvgIpc) is 2.39. The third-order valence-electron chi connectivity index (χ3n) is 2.89. The largest absolute Gasteiger partial charge is 0.358 e. The van der Waals surface area contributed by atoms with E-state index in [9.17, 15) is 4.79 Å². The highest BCUT2D eigenvalue weighted by molar-refractivity contribution is 5.90. The molecule has 1 aromatic carbocycles.